The molecule has 1 saturated heterocycles. The van der Waals surface area contributed by atoms with Gasteiger partial charge in [0.15, 0.2) is 0 Å². The number of piperidine rings is 1. The third-order valence-electron chi connectivity index (χ3n) is 6.51. The second kappa shape index (κ2) is 12.9. The summed E-state index contributed by atoms with van der Waals surface area (Å²) in [5.41, 5.74) is 13.0. The van der Waals surface area contributed by atoms with Crippen LogP contribution in [0.25, 0.3) is 20.7 Å². The highest BCUT2D eigenvalue weighted by Gasteiger charge is 2.40. The van der Waals surface area contributed by atoms with Gasteiger partial charge in [0.05, 0.1) is 45.3 Å². The number of hydrogen-bond acceptors (Lipinski definition) is 13. The lowest BCUT2D eigenvalue weighted by molar-refractivity contribution is -0.383. The second-order valence-corrected chi connectivity index (χ2v) is 9.77. The molecule has 0 saturated carbocycles. The van der Waals surface area contributed by atoms with E-state index < -0.39 is 29.3 Å². The molecular weight excluding hydrogens is 530 g/mol. The van der Waals surface area contributed by atoms with Crippen molar-refractivity contribution < 1.29 is 25.3 Å². The molecule has 4 rings (SSSR count). The molecule has 2 aromatic carbocycles. The van der Waals surface area contributed by atoms with Crippen LogP contribution in [0.2, 0.25) is 0 Å². The minimum Gasteiger partial charge on any atom is -0.395 e. The van der Waals surface area contributed by atoms with Gasteiger partial charge in [-0.3, -0.25) is 15.0 Å². The van der Waals surface area contributed by atoms with Crippen LogP contribution in [0.4, 0.5) is 28.4 Å². The number of β-amino-alcohol motifs (C(OH)–C–C–N with tert-alkyl or cyclic N) is 1. The molecule has 1 fully saturated rings. The average molecular weight is 560 g/mol. The van der Waals surface area contributed by atoms with Gasteiger partial charge in [0.25, 0.3) is 5.69 Å². The summed E-state index contributed by atoms with van der Waals surface area (Å²) in [5.74, 6) is 0. The van der Waals surface area contributed by atoms with Gasteiger partial charge in [0.2, 0.25) is 0 Å². The van der Waals surface area contributed by atoms with E-state index >= 15 is 0 Å². The topological polar surface area (TPSA) is 225 Å². The van der Waals surface area contributed by atoms with Gasteiger partial charge in [-0.25, -0.2) is 4.98 Å². The number of likely N-dealkylation sites (tertiary alicyclic amines) is 1. The van der Waals surface area contributed by atoms with E-state index in [1.165, 1.54) is 29.5 Å². The molecule has 0 unspecified atom stereocenters. The lowest BCUT2D eigenvalue weighted by Gasteiger charge is -2.43. The fourth-order valence-corrected chi connectivity index (χ4v) is 5.34. The van der Waals surface area contributed by atoms with Crippen LogP contribution < -0.4 is 16.0 Å². The van der Waals surface area contributed by atoms with Crippen molar-refractivity contribution in [3.8, 4) is 0 Å². The summed E-state index contributed by atoms with van der Waals surface area (Å²) in [6.07, 6.45) is -3.64. The van der Waals surface area contributed by atoms with Crippen LogP contribution >= 0.6 is 11.3 Å². The predicted octanol–water partition coefficient (Wildman–Crippen LogP) is 1.84. The van der Waals surface area contributed by atoms with Crippen LogP contribution in [0.1, 0.15) is 0 Å². The zero-order valence-electron chi connectivity index (χ0n) is 20.7. The van der Waals surface area contributed by atoms with Gasteiger partial charge in [-0.15, -0.1) is 11.3 Å². The van der Waals surface area contributed by atoms with Gasteiger partial charge in [-0.2, -0.15) is 0 Å². The number of nitrogens with one attached hydrogen (secondary N) is 3. The zero-order valence-corrected chi connectivity index (χ0v) is 21.5. The van der Waals surface area contributed by atoms with Gasteiger partial charge in [-0.1, -0.05) is 11.2 Å². The first-order valence-electron chi connectivity index (χ1n) is 12.1. The van der Waals surface area contributed by atoms with Crippen LogP contribution in [0.15, 0.2) is 41.0 Å². The Morgan fingerprint density at radius 3 is 2.51 bits per heavy atom. The second-order valence-electron chi connectivity index (χ2n) is 8.91. The minimum atomic E-state index is -1.30. The van der Waals surface area contributed by atoms with E-state index in [0.717, 1.165) is 21.6 Å². The highest BCUT2D eigenvalue weighted by Crippen LogP contribution is 2.33. The number of aliphatic hydroxyl groups is 4. The summed E-state index contributed by atoms with van der Waals surface area (Å²) in [7, 11) is 0. The van der Waals surface area contributed by atoms with E-state index in [2.05, 4.69) is 31.0 Å². The number of aliphatic hydroxyl groups excluding tert-OH is 4. The Hall–Kier alpha value is -3.76. The van der Waals surface area contributed by atoms with E-state index in [4.69, 9.17) is 5.53 Å². The minimum absolute atomic E-state index is 0.134. The number of benzene rings is 2. The fraction of sp³-hybridized carbons (Fsp3) is 0.435. The maximum Gasteiger partial charge on any atom is 0.292 e. The van der Waals surface area contributed by atoms with Crippen LogP contribution in [-0.4, -0.2) is 98.9 Å². The molecule has 2 heterocycles. The van der Waals surface area contributed by atoms with Crippen LogP contribution in [-0.2, 0) is 0 Å². The number of rotatable bonds is 12. The first kappa shape index (κ1) is 28.3. The lowest BCUT2D eigenvalue weighted by atomic mass is 9.94. The number of anilines is 3. The molecule has 16 heteroatoms. The molecule has 7 N–H and O–H groups in total. The molecule has 3 aromatic rings. The quantitative estimate of drug-likeness (QED) is 0.0423. The molecule has 0 aliphatic carbocycles. The number of nitro benzene ring substituents is 1. The summed E-state index contributed by atoms with van der Waals surface area (Å²) in [5, 5.41) is 64.1. The Morgan fingerprint density at radius 2 is 1.79 bits per heavy atom. The molecule has 0 amide bonds. The number of thiazole rings is 1. The van der Waals surface area contributed by atoms with E-state index in [-0.39, 0.29) is 24.5 Å². The Bertz CT molecular complexity index is 1350. The third-order valence-corrected chi connectivity index (χ3v) is 7.37. The standard InChI is InChI=1S/C23H29N9O6S/c24-30-29-13-1-2-14(17(9-13)32(37)38)25-5-6-26-16-4-3-15(20-23(16)39-12-28-20)27-7-8-31-10-19(34)22(36)21(35)18(31)11-33/h1-4,9,12,18-19,21-22,25-27,33-36H,5-8,10-11H2/t18-,19+,21-,22-/m1/s1. The van der Waals surface area contributed by atoms with Crippen molar-refractivity contribution in [2.24, 2.45) is 5.11 Å². The van der Waals surface area contributed by atoms with Crippen molar-refractivity contribution in [3.63, 3.8) is 0 Å². The molecule has 208 valence electrons. The van der Waals surface area contributed by atoms with Gasteiger partial charge >= 0.3 is 0 Å². The molecule has 0 spiro atoms. The summed E-state index contributed by atoms with van der Waals surface area (Å²) in [6, 6.07) is 7.32. The normalized spacial score (nSPS) is 21.3. The Morgan fingerprint density at radius 1 is 1.10 bits per heavy atom. The van der Waals surface area contributed by atoms with Crippen LogP contribution in [0.5, 0.6) is 0 Å². The van der Waals surface area contributed by atoms with E-state index in [9.17, 15) is 30.5 Å². The number of azide groups is 1. The third kappa shape index (κ3) is 6.46. The molecule has 39 heavy (non-hydrogen) atoms. The summed E-state index contributed by atoms with van der Waals surface area (Å²) >= 11 is 1.46. The van der Waals surface area contributed by atoms with Crippen molar-refractivity contribution in [1.29, 1.82) is 0 Å². The maximum absolute atomic E-state index is 11.4. The fourth-order valence-electron chi connectivity index (χ4n) is 4.53. The van der Waals surface area contributed by atoms with Crippen molar-refractivity contribution in [1.82, 2.24) is 9.88 Å². The lowest BCUT2D eigenvalue weighted by Crippen LogP contribution is -2.63. The first-order chi connectivity index (χ1) is 18.8. The highest BCUT2D eigenvalue weighted by atomic mass is 32.1. The monoisotopic (exact) mass is 559 g/mol. The Kier molecular flexibility index (Phi) is 9.32. The summed E-state index contributed by atoms with van der Waals surface area (Å²) < 4.78 is 0.921. The van der Waals surface area contributed by atoms with Gasteiger partial charge < -0.3 is 36.4 Å². The Balaban J connectivity index is 1.34. The molecule has 0 radical (unpaired) electrons. The van der Waals surface area contributed by atoms with Crippen molar-refractivity contribution >= 4 is 50.0 Å². The van der Waals surface area contributed by atoms with E-state index in [0.29, 0.717) is 31.9 Å². The molecule has 0 bridgehead atoms. The van der Waals surface area contributed by atoms with E-state index in [1.54, 1.807) is 10.4 Å². The number of nitro groups is 1. The Labute approximate surface area is 226 Å². The molecule has 1 aliphatic heterocycles. The average Bonchev–Trinajstić information content (AvgIpc) is 3.42. The number of aromatic nitrogens is 1. The summed E-state index contributed by atoms with van der Waals surface area (Å²) in [4.78, 5) is 19.7. The van der Waals surface area contributed by atoms with Crippen molar-refractivity contribution in [2.75, 3.05) is 55.3 Å². The number of hydrogen-bond donors (Lipinski definition) is 7. The number of nitrogens with zero attached hydrogens (tertiary/aromatic N) is 6. The van der Waals surface area contributed by atoms with Crippen molar-refractivity contribution in [2.45, 2.75) is 24.4 Å². The molecule has 1 aromatic heterocycles. The highest BCUT2D eigenvalue weighted by molar-refractivity contribution is 7.17. The predicted molar refractivity (Wildman–Crippen MR) is 147 cm³/mol. The largest absolute Gasteiger partial charge is 0.395 e. The molecule has 1 aliphatic rings. The SMILES string of the molecule is [N-]=[N+]=Nc1ccc(NCCNc2ccc(NCCN3C[C@H](O)[C@@H](O)[C@H](O)[C@H]3CO)c3ncsc23)c([N+](=O)[O-])c1. The van der Waals surface area contributed by atoms with Crippen LogP contribution in [0, 0.1) is 10.1 Å². The number of fused-ring (bicyclic) bond motifs is 1. The van der Waals surface area contributed by atoms with Gasteiger partial charge in [-0.05, 0) is 23.7 Å². The smallest absolute Gasteiger partial charge is 0.292 e. The maximum atomic E-state index is 11.4. The van der Waals surface area contributed by atoms with Crippen LogP contribution in [0.3, 0.4) is 0 Å². The molecule has 15 nitrogen and oxygen atoms in total. The molecular formula is C23H29N9O6S. The van der Waals surface area contributed by atoms with Crippen molar-refractivity contribution in [3.05, 3.63) is 56.4 Å². The van der Waals surface area contributed by atoms with Gasteiger partial charge in [0.1, 0.15) is 23.4 Å². The zero-order chi connectivity index (χ0) is 27.9. The molecule has 4 atom stereocenters. The first-order valence-corrected chi connectivity index (χ1v) is 13.0. The van der Waals surface area contributed by atoms with E-state index in [1.807, 2.05) is 12.1 Å². The van der Waals surface area contributed by atoms with Gasteiger partial charge in [0, 0.05) is 49.4 Å². The summed E-state index contributed by atoms with van der Waals surface area (Å²) in [6.45, 7) is 1.51.